The van der Waals surface area contributed by atoms with Gasteiger partial charge < -0.3 is 10.0 Å². The molecule has 1 aromatic rings. The van der Waals surface area contributed by atoms with E-state index in [0.29, 0.717) is 13.0 Å². The van der Waals surface area contributed by atoms with Crippen molar-refractivity contribution in [3.8, 4) is 0 Å². The summed E-state index contributed by atoms with van der Waals surface area (Å²) in [5.74, 6) is 0. The average Bonchev–Trinajstić information content (AvgIpc) is 2.40. The smallest absolute Gasteiger partial charge is 0.392 e. The Balaban J connectivity index is 2.37. The van der Waals surface area contributed by atoms with Gasteiger partial charge in [0.05, 0.1) is 11.7 Å². The lowest BCUT2D eigenvalue weighted by Crippen LogP contribution is -2.49. The van der Waals surface area contributed by atoms with Crippen LogP contribution in [-0.2, 0) is 11.6 Å². The van der Waals surface area contributed by atoms with Crippen molar-refractivity contribution in [3.63, 3.8) is 0 Å². The van der Waals surface area contributed by atoms with Crippen LogP contribution in [0.4, 0.5) is 13.2 Å². The van der Waals surface area contributed by atoms with Gasteiger partial charge in [0.1, 0.15) is 0 Å². The van der Waals surface area contributed by atoms with Gasteiger partial charge in [0.2, 0.25) is 0 Å². The lowest BCUT2D eigenvalue weighted by molar-refractivity contribution is -0.137. The van der Waals surface area contributed by atoms with Gasteiger partial charge in [-0.2, -0.15) is 13.2 Å². The van der Waals surface area contributed by atoms with E-state index in [9.17, 15) is 18.3 Å². The molecule has 2 nitrogen and oxygen atoms in total. The molecule has 21 heavy (non-hydrogen) atoms. The van der Waals surface area contributed by atoms with Crippen molar-refractivity contribution < 1.29 is 18.3 Å². The van der Waals surface area contributed by atoms with Crippen LogP contribution in [0.2, 0.25) is 0 Å². The molecule has 5 heteroatoms. The number of likely N-dealkylation sites (N-methyl/N-ethyl adjacent to an activating group) is 1. The Morgan fingerprint density at radius 2 is 1.81 bits per heavy atom. The third-order valence-electron chi connectivity index (χ3n) is 4.37. The number of benzene rings is 1. The molecule has 1 saturated carbocycles. The summed E-state index contributed by atoms with van der Waals surface area (Å²) in [5, 5.41) is 10.5. The van der Waals surface area contributed by atoms with Gasteiger partial charge in [-0.3, -0.25) is 0 Å². The van der Waals surface area contributed by atoms with Crippen LogP contribution >= 0.6 is 0 Å². The van der Waals surface area contributed by atoms with Gasteiger partial charge in [-0.05, 0) is 44.6 Å². The zero-order valence-corrected chi connectivity index (χ0v) is 12.5. The minimum Gasteiger partial charge on any atom is -0.392 e. The fraction of sp³-hybridized carbons (Fsp3) is 0.625. The highest BCUT2D eigenvalue weighted by Gasteiger charge is 2.42. The van der Waals surface area contributed by atoms with Gasteiger partial charge in [-0.15, -0.1) is 0 Å². The zero-order chi connectivity index (χ0) is 15.7. The summed E-state index contributed by atoms with van der Waals surface area (Å²) < 4.78 is 38.1. The normalized spacial score (nSPS) is 27.1. The van der Waals surface area contributed by atoms with Gasteiger partial charge >= 0.3 is 6.18 Å². The summed E-state index contributed by atoms with van der Waals surface area (Å²) in [6, 6.07) is 5.30. The molecule has 0 saturated heterocycles. The largest absolute Gasteiger partial charge is 0.416 e. The molecule has 2 atom stereocenters. The number of hydrogen-bond acceptors (Lipinski definition) is 2. The molecule has 1 aromatic carbocycles. The molecule has 0 amide bonds. The van der Waals surface area contributed by atoms with E-state index < -0.39 is 23.3 Å². The van der Waals surface area contributed by atoms with E-state index in [4.69, 9.17) is 0 Å². The molecule has 2 rings (SSSR count). The Morgan fingerprint density at radius 1 is 1.19 bits per heavy atom. The first-order valence-electron chi connectivity index (χ1n) is 7.26. The molecule has 1 aliphatic carbocycles. The molecular weight excluding hydrogens is 279 g/mol. The number of alkyl halides is 3. The fourth-order valence-corrected chi connectivity index (χ4v) is 3.39. The molecule has 0 radical (unpaired) electrons. The number of hydrogen-bond donors (Lipinski definition) is 1. The molecular formula is C16H22F3NO. The quantitative estimate of drug-likeness (QED) is 0.924. The first kappa shape index (κ1) is 16.3. The van der Waals surface area contributed by atoms with Crippen LogP contribution in [0.25, 0.3) is 0 Å². The highest BCUT2D eigenvalue weighted by Crippen LogP contribution is 2.41. The van der Waals surface area contributed by atoms with Crippen molar-refractivity contribution in [2.24, 2.45) is 0 Å². The Kier molecular flexibility index (Phi) is 4.63. The Labute approximate surface area is 123 Å². The van der Waals surface area contributed by atoms with E-state index >= 15 is 0 Å². The van der Waals surface area contributed by atoms with E-state index in [0.717, 1.165) is 37.0 Å². The second-order valence-electron chi connectivity index (χ2n) is 6.23. The first-order valence-corrected chi connectivity index (χ1v) is 7.26. The third-order valence-corrected chi connectivity index (χ3v) is 4.37. The maximum absolute atomic E-state index is 12.7. The van der Waals surface area contributed by atoms with E-state index in [2.05, 4.69) is 0 Å². The summed E-state index contributed by atoms with van der Waals surface area (Å²) >= 11 is 0. The number of aliphatic hydroxyl groups is 1. The molecule has 0 aliphatic heterocycles. The summed E-state index contributed by atoms with van der Waals surface area (Å²) in [7, 11) is 3.85. The average molecular weight is 301 g/mol. The van der Waals surface area contributed by atoms with E-state index in [1.165, 1.54) is 12.1 Å². The zero-order valence-electron chi connectivity index (χ0n) is 12.5. The number of rotatable bonds is 3. The molecule has 1 aliphatic rings. The van der Waals surface area contributed by atoms with E-state index in [1.54, 1.807) is 0 Å². The van der Waals surface area contributed by atoms with Crippen LogP contribution in [0.1, 0.15) is 36.8 Å². The van der Waals surface area contributed by atoms with Gasteiger partial charge in [-0.1, -0.05) is 25.0 Å². The maximum atomic E-state index is 12.7. The fourth-order valence-electron chi connectivity index (χ4n) is 3.39. The predicted octanol–water partition coefficient (Wildman–Crippen LogP) is 3.44. The van der Waals surface area contributed by atoms with Crippen molar-refractivity contribution >= 4 is 0 Å². The molecule has 118 valence electrons. The number of aliphatic hydroxyl groups excluding tert-OH is 1. The monoisotopic (exact) mass is 301 g/mol. The van der Waals surface area contributed by atoms with Crippen molar-refractivity contribution in [2.45, 2.75) is 43.4 Å². The van der Waals surface area contributed by atoms with Gasteiger partial charge in [0, 0.05) is 12.0 Å². The van der Waals surface area contributed by atoms with Crippen molar-refractivity contribution in [1.29, 1.82) is 0 Å². The molecule has 1 fully saturated rings. The van der Waals surface area contributed by atoms with Crippen LogP contribution in [0, 0.1) is 0 Å². The highest BCUT2D eigenvalue weighted by molar-refractivity contribution is 5.33. The summed E-state index contributed by atoms with van der Waals surface area (Å²) in [6.45, 7) is 0.638. The van der Waals surface area contributed by atoms with Crippen molar-refractivity contribution in [3.05, 3.63) is 35.4 Å². The number of halogens is 3. The molecule has 0 aromatic heterocycles. The minimum atomic E-state index is -4.32. The van der Waals surface area contributed by atoms with Gasteiger partial charge in [-0.25, -0.2) is 0 Å². The molecule has 1 N–H and O–H groups in total. The lowest BCUT2D eigenvalue weighted by atomic mass is 9.67. The molecule has 0 unspecified atom stereocenters. The van der Waals surface area contributed by atoms with Crippen molar-refractivity contribution in [1.82, 2.24) is 4.90 Å². The second-order valence-corrected chi connectivity index (χ2v) is 6.23. The third kappa shape index (κ3) is 3.40. The Morgan fingerprint density at radius 3 is 2.29 bits per heavy atom. The van der Waals surface area contributed by atoms with Crippen LogP contribution < -0.4 is 0 Å². The maximum Gasteiger partial charge on any atom is 0.416 e. The van der Waals surface area contributed by atoms with Crippen LogP contribution in [0.5, 0.6) is 0 Å². The summed E-state index contributed by atoms with van der Waals surface area (Å²) in [4.78, 5) is 1.99. The molecule has 0 heterocycles. The van der Waals surface area contributed by atoms with Gasteiger partial charge in [0.15, 0.2) is 0 Å². The standard InChI is InChI=1S/C16H22F3NO/c1-20(2)11-15(10-4-3-5-14(15)21)12-6-8-13(9-7-12)16(17,18)19/h6-9,14,21H,3-5,10-11H2,1-2H3/t14-,15+/m0/s1. The van der Waals surface area contributed by atoms with E-state index in [1.807, 2.05) is 19.0 Å². The highest BCUT2D eigenvalue weighted by atomic mass is 19.4. The van der Waals surface area contributed by atoms with Crippen LogP contribution in [-0.4, -0.2) is 36.8 Å². The predicted molar refractivity (Wildman–Crippen MR) is 76.2 cm³/mol. The van der Waals surface area contributed by atoms with Crippen LogP contribution in [0.15, 0.2) is 24.3 Å². The second kappa shape index (κ2) is 5.97. The SMILES string of the molecule is CN(C)C[C@@]1(c2ccc(C(F)(F)F)cc2)CCCC[C@@H]1O. The minimum absolute atomic E-state index is 0.466. The Bertz CT molecular complexity index is 469. The summed E-state index contributed by atoms with van der Waals surface area (Å²) in [6.07, 6.45) is -1.36. The number of nitrogens with zero attached hydrogens (tertiary/aromatic N) is 1. The van der Waals surface area contributed by atoms with E-state index in [-0.39, 0.29) is 0 Å². The lowest BCUT2D eigenvalue weighted by Gasteiger charge is -2.44. The molecule has 0 bridgehead atoms. The first-order chi connectivity index (χ1) is 9.75. The van der Waals surface area contributed by atoms with Gasteiger partial charge in [0.25, 0.3) is 0 Å². The Hall–Kier alpha value is -1.07. The summed E-state index contributed by atoms with van der Waals surface area (Å²) in [5.41, 5.74) is -0.306. The topological polar surface area (TPSA) is 23.5 Å². The molecule has 0 spiro atoms. The van der Waals surface area contributed by atoms with Crippen molar-refractivity contribution in [2.75, 3.05) is 20.6 Å². The van der Waals surface area contributed by atoms with Crippen LogP contribution in [0.3, 0.4) is 0 Å².